The van der Waals surface area contributed by atoms with Crippen LogP contribution in [0.15, 0.2) is 52.0 Å². The summed E-state index contributed by atoms with van der Waals surface area (Å²) in [5.41, 5.74) is 2.55. The number of benzene rings is 1. The Balaban J connectivity index is 1.70. The minimum atomic E-state index is -0.237. The third-order valence-electron chi connectivity index (χ3n) is 3.97. The Bertz CT molecular complexity index is 1250. The lowest BCUT2D eigenvalue weighted by Crippen LogP contribution is -2.17. The van der Waals surface area contributed by atoms with Gasteiger partial charge in [0.2, 0.25) is 0 Å². The molecule has 3 aromatic rings. The number of thioether (sulfide) groups is 1. The van der Waals surface area contributed by atoms with Gasteiger partial charge < -0.3 is 9.73 Å². The fourth-order valence-electron chi connectivity index (χ4n) is 2.65. The minimum Gasteiger partial charge on any atom is -0.455 e. The molecule has 3 heterocycles. The maximum absolute atomic E-state index is 11.8. The van der Waals surface area contributed by atoms with Crippen molar-refractivity contribution in [2.24, 2.45) is 0 Å². The van der Waals surface area contributed by atoms with Gasteiger partial charge in [0.1, 0.15) is 10.1 Å². The van der Waals surface area contributed by atoms with Gasteiger partial charge in [-0.1, -0.05) is 48.0 Å². The van der Waals surface area contributed by atoms with Crippen molar-refractivity contribution in [3.8, 4) is 11.8 Å². The number of amides is 1. The molecule has 1 aromatic carbocycles. The van der Waals surface area contributed by atoms with Crippen molar-refractivity contribution in [2.75, 3.05) is 0 Å². The van der Waals surface area contributed by atoms with Crippen LogP contribution in [0.5, 0.6) is 0 Å². The average Bonchev–Trinajstić information content (AvgIpc) is 3.22. The van der Waals surface area contributed by atoms with Crippen LogP contribution < -0.4 is 5.32 Å². The van der Waals surface area contributed by atoms with E-state index in [4.69, 9.17) is 16.6 Å². The number of nitrogens with zero attached hydrogens (tertiary/aromatic N) is 1. The molecule has 1 saturated heterocycles. The number of pyridine rings is 1. The molecule has 7 heteroatoms. The molecule has 28 heavy (non-hydrogen) atoms. The van der Waals surface area contributed by atoms with E-state index in [1.54, 1.807) is 42.7 Å². The summed E-state index contributed by atoms with van der Waals surface area (Å²) in [6, 6.07) is 8.94. The number of rotatable bonds is 2. The van der Waals surface area contributed by atoms with Gasteiger partial charge in [0.25, 0.3) is 5.91 Å². The van der Waals surface area contributed by atoms with Gasteiger partial charge in [-0.2, -0.15) is 0 Å². The normalized spacial score (nSPS) is 14.8. The molecular formula is C21H12N2O3S2. The molecule has 136 valence electrons. The van der Waals surface area contributed by atoms with Gasteiger partial charge in [0.15, 0.2) is 11.4 Å². The van der Waals surface area contributed by atoms with Gasteiger partial charge in [-0.25, -0.2) is 0 Å². The number of carbonyl (C=O) groups is 2. The Labute approximate surface area is 170 Å². The zero-order chi connectivity index (χ0) is 19.7. The Morgan fingerprint density at radius 1 is 1.29 bits per heavy atom. The van der Waals surface area contributed by atoms with E-state index >= 15 is 0 Å². The Morgan fingerprint density at radius 3 is 2.89 bits per heavy atom. The summed E-state index contributed by atoms with van der Waals surface area (Å²) < 4.78 is 6.31. The molecule has 0 spiro atoms. The predicted molar refractivity (Wildman–Crippen MR) is 113 cm³/mol. The van der Waals surface area contributed by atoms with Gasteiger partial charge in [-0.05, 0) is 25.1 Å². The molecule has 0 radical (unpaired) electrons. The van der Waals surface area contributed by atoms with E-state index in [1.807, 2.05) is 6.07 Å². The molecular weight excluding hydrogens is 392 g/mol. The molecule has 0 atom stereocenters. The quantitative estimate of drug-likeness (QED) is 0.302. The van der Waals surface area contributed by atoms with Crippen LogP contribution in [0.1, 0.15) is 34.2 Å². The smallest absolute Gasteiger partial charge is 0.263 e. The van der Waals surface area contributed by atoms with Crippen LogP contribution in [0.3, 0.4) is 0 Å². The molecule has 1 aliphatic heterocycles. The SMILES string of the molecule is CC(=O)c1cccc(C#Cc2cncc3cc(/C=C4\SC(=S)NC4=O)oc23)c1. The molecule has 0 aliphatic carbocycles. The van der Waals surface area contributed by atoms with Crippen LogP contribution in [-0.2, 0) is 4.79 Å². The van der Waals surface area contributed by atoms with Crippen molar-refractivity contribution >= 4 is 57.0 Å². The average molecular weight is 404 g/mol. The molecule has 5 nitrogen and oxygen atoms in total. The highest BCUT2D eigenvalue weighted by atomic mass is 32.2. The van der Waals surface area contributed by atoms with E-state index in [-0.39, 0.29) is 11.7 Å². The Hall–Kier alpha value is -3.21. The van der Waals surface area contributed by atoms with Crippen LogP contribution in [0, 0.1) is 11.8 Å². The van der Waals surface area contributed by atoms with Crippen LogP contribution in [-0.4, -0.2) is 21.0 Å². The summed E-state index contributed by atoms with van der Waals surface area (Å²) in [4.78, 5) is 28.0. The molecule has 1 fully saturated rings. The number of hydrogen-bond acceptors (Lipinski definition) is 6. The molecule has 1 amide bonds. The first-order valence-corrected chi connectivity index (χ1v) is 9.47. The van der Waals surface area contributed by atoms with Gasteiger partial charge in [0, 0.05) is 35.0 Å². The topological polar surface area (TPSA) is 72.2 Å². The second-order valence-electron chi connectivity index (χ2n) is 5.99. The maximum Gasteiger partial charge on any atom is 0.263 e. The van der Waals surface area contributed by atoms with Crippen molar-refractivity contribution < 1.29 is 14.0 Å². The Kier molecular flexibility index (Phi) is 4.82. The lowest BCUT2D eigenvalue weighted by molar-refractivity contribution is -0.115. The molecule has 0 saturated carbocycles. The maximum atomic E-state index is 11.8. The summed E-state index contributed by atoms with van der Waals surface area (Å²) in [5, 5.41) is 3.35. The zero-order valence-corrected chi connectivity index (χ0v) is 16.2. The van der Waals surface area contributed by atoms with E-state index in [9.17, 15) is 9.59 Å². The number of nitrogens with one attached hydrogen (secondary N) is 1. The van der Waals surface area contributed by atoms with E-state index in [0.29, 0.717) is 31.7 Å². The molecule has 1 aliphatic rings. The highest BCUT2D eigenvalue weighted by Gasteiger charge is 2.22. The van der Waals surface area contributed by atoms with Crippen LogP contribution in [0.25, 0.3) is 17.0 Å². The predicted octanol–water partition coefficient (Wildman–Crippen LogP) is 3.92. The Morgan fingerprint density at radius 2 is 2.14 bits per heavy atom. The first kappa shape index (κ1) is 18.2. The lowest BCUT2D eigenvalue weighted by Gasteiger charge is -1.96. The molecule has 0 bridgehead atoms. The first-order valence-electron chi connectivity index (χ1n) is 8.25. The standard InChI is InChI=1S/C21H12N2O3S2/c1-12(24)14-4-2-3-13(7-14)5-6-15-10-22-11-16-8-17(26-19(15)16)9-18-20(25)23-21(27)28-18/h2-4,7-11H,1H3,(H,23,25,27)/b18-9-. The van der Waals surface area contributed by atoms with E-state index in [0.717, 1.165) is 10.9 Å². The first-order chi connectivity index (χ1) is 13.5. The summed E-state index contributed by atoms with van der Waals surface area (Å²) in [5.74, 6) is 6.36. The fraction of sp³-hybridized carbons (Fsp3) is 0.0476. The van der Waals surface area contributed by atoms with Crippen molar-refractivity contribution in [3.05, 3.63) is 70.1 Å². The fourth-order valence-corrected chi connectivity index (χ4v) is 3.67. The monoisotopic (exact) mass is 404 g/mol. The second-order valence-corrected chi connectivity index (χ2v) is 7.71. The largest absolute Gasteiger partial charge is 0.455 e. The number of furan rings is 1. The minimum absolute atomic E-state index is 0.00978. The zero-order valence-electron chi connectivity index (χ0n) is 14.6. The molecule has 2 aromatic heterocycles. The van der Waals surface area contributed by atoms with Gasteiger partial charge in [0.05, 0.1) is 10.5 Å². The molecule has 4 rings (SSSR count). The number of thiocarbonyl (C=S) groups is 1. The number of carbonyl (C=O) groups excluding carboxylic acids is 2. The van der Waals surface area contributed by atoms with Crippen molar-refractivity contribution in [2.45, 2.75) is 6.92 Å². The number of Topliss-reactive ketones (excluding diaryl/α,β-unsaturated/α-hetero) is 1. The number of hydrogen-bond donors (Lipinski definition) is 1. The van der Waals surface area contributed by atoms with Gasteiger partial charge in [-0.3, -0.25) is 14.6 Å². The lowest BCUT2D eigenvalue weighted by atomic mass is 10.1. The summed E-state index contributed by atoms with van der Waals surface area (Å²) >= 11 is 6.19. The van der Waals surface area contributed by atoms with Crippen molar-refractivity contribution in [1.29, 1.82) is 0 Å². The number of ketones is 1. The van der Waals surface area contributed by atoms with E-state index in [1.165, 1.54) is 18.7 Å². The number of aromatic nitrogens is 1. The van der Waals surface area contributed by atoms with Crippen molar-refractivity contribution in [1.82, 2.24) is 10.3 Å². The molecule has 1 N–H and O–H groups in total. The summed E-state index contributed by atoms with van der Waals surface area (Å²) in [6.45, 7) is 1.52. The van der Waals surface area contributed by atoms with E-state index < -0.39 is 0 Å². The van der Waals surface area contributed by atoms with Crippen molar-refractivity contribution in [3.63, 3.8) is 0 Å². The third kappa shape index (κ3) is 3.74. The van der Waals surface area contributed by atoms with Crippen LogP contribution >= 0.6 is 24.0 Å². The van der Waals surface area contributed by atoms with Gasteiger partial charge >= 0.3 is 0 Å². The highest BCUT2D eigenvalue weighted by molar-refractivity contribution is 8.26. The van der Waals surface area contributed by atoms with E-state index in [2.05, 4.69) is 22.1 Å². The van der Waals surface area contributed by atoms with Crippen LogP contribution in [0.2, 0.25) is 0 Å². The van der Waals surface area contributed by atoms with Crippen LogP contribution in [0.4, 0.5) is 0 Å². The third-order valence-corrected chi connectivity index (χ3v) is 5.13. The summed E-state index contributed by atoms with van der Waals surface area (Å²) in [7, 11) is 0. The second kappa shape index (κ2) is 7.43. The molecule has 0 unspecified atom stereocenters. The highest BCUT2D eigenvalue weighted by Crippen LogP contribution is 2.29. The van der Waals surface area contributed by atoms with Gasteiger partial charge in [-0.15, -0.1) is 0 Å². The number of fused-ring (bicyclic) bond motifs is 1. The summed E-state index contributed by atoms with van der Waals surface area (Å²) in [6.07, 6.45) is 4.94.